The number of H-pyrrole nitrogens is 1. The fraction of sp³-hybridized carbons (Fsp3) is 0.0968. The van der Waals surface area contributed by atoms with E-state index in [0.29, 0.717) is 26.7 Å². The van der Waals surface area contributed by atoms with E-state index in [1.54, 1.807) is 17.1 Å². The van der Waals surface area contributed by atoms with E-state index in [2.05, 4.69) is 10.4 Å². The number of halogens is 1. The molecule has 0 unspecified atom stereocenters. The lowest BCUT2D eigenvalue weighted by molar-refractivity contribution is 0.0677. The number of hydrogen-bond acceptors (Lipinski definition) is 5. The second-order valence-corrected chi connectivity index (χ2v) is 10.9. The van der Waals surface area contributed by atoms with E-state index in [0.717, 1.165) is 27.8 Å². The Morgan fingerprint density at radius 2 is 1.72 bits per heavy atom. The number of amides is 1. The average Bonchev–Trinajstić information content (AvgIpc) is 3.64. The van der Waals surface area contributed by atoms with Gasteiger partial charge in [0, 0.05) is 41.3 Å². The van der Waals surface area contributed by atoms with Crippen molar-refractivity contribution in [2.45, 2.75) is 6.04 Å². The second-order valence-electron chi connectivity index (χ2n) is 9.54. The molecule has 0 fully saturated rings. The zero-order valence-corrected chi connectivity index (χ0v) is 22.9. The molecule has 0 saturated heterocycles. The number of pyridine rings is 1. The number of nitrogens with one attached hydrogen (secondary N) is 2. The maximum Gasteiger partial charge on any atom is 0.283 e. The van der Waals surface area contributed by atoms with Crippen LogP contribution >= 0.6 is 22.9 Å². The molecule has 5 aromatic rings. The first-order valence-electron chi connectivity index (χ1n) is 12.4. The lowest BCUT2D eigenvalue weighted by Gasteiger charge is -2.25. The van der Waals surface area contributed by atoms with Gasteiger partial charge in [-0.1, -0.05) is 60.1 Å². The first-order chi connectivity index (χ1) is 18.9. The van der Waals surface area contributed by atoms with E-state index in [1.165, 1.54) is 11.3 Å². The van der Waals surface area contributed by atoms with Crippen LogP contribution in [0.15, 0.2) is 101 Å². The Balaban J connectivity index is 1.55. The molecule has 2 aromatic heterocycles. The van der Waals surface area contributed by atoms with Gasteiger partial charge in [0.1, 0.15) is 0 Å². The van der Waals surface area contributed by atoms with E-state index in [1.807, 2.05) is 103 Å². The minimum atomic E-state index is -0.427. The summed E-state index contributed by atoms with van der Waals surface area (Å²) in [5, 5.41) is 4.87. The van der Waals surface area contributed by atoms with Crippen LogP contribution < -0.4 is 15.9 Å². The molecule has 6 nitrogen and oxygen atoms in total. The van der Waals surface area contributed by atoms with Gasteiger partial charge in [-0.2, -0.15) is 0 Å². The van der Waals surface area contributed by atoms with Gasteiger partial charge >= 0.3 is 0 Å². The van der Waals surface area contributed by atoms with Crippen LogP contribution in [-0.2, 0) is 0 Å². The Morgan fingerprint density at radius 1 is 0.949 bits per heavy atom. The highest BCUT2D eigenvalue weighted by Crippen LogP contribution is 2.38. The number of anilines is 1. The van der Waals surface area contributed by atoms with Gasteiger partial charge < -0.3 is 9.88 Å². The van der Waals surface area contributed by atoms with Crippen LogP contribution in [0.5, 0.6) is 0 Å². The lowest BCUT2D eigenvalue weighted by Crippen LogP contribution is -2.39. The number of carbonyl (C=O) groups excluding carboxylic acids is 1. The molecule has 0 saturated carbocycles. The molecule has 1 amide bonds. The van der Waals surface area contributed by atoms with E-state index >= 15 is 0 Å². The topological polar surface area (TPSA) is 68.4 Å². The van der Waals surface area contributed by atoms with Crippen molar-refractivity contribution >= 4 is 51.1 Å². The number of nitrogens with zero attached hydrogens (tertiary/aromatic N) is 2. The van der Waals surface area contributed by atoms with Gasteiger partial charge in [0.05, 0.1) is 22.2 Å². The Kier molecular flexibility index (Phi) is 6.46. The number of hydrogen-bond donors (Lipinski definition) is 2. The maximum absolute atomic E-state index is 13.7. The first-order valence-corrected chi connectivity index (χ1v) is 13.7. The van der Waals surface area contributed by atoms with Crippen LogP contribution in [0.4, 0.5) is 5.69 Å². The fourth-order valence-corrected chi connectivity index (χ4v) is 5.78. The van der Waals surface area contributed by atoms with Gasteiger partial charge in [0.2, 0.25) is 0 Å². The molecule has 194 valence electrons. The van der Waals surface area contributed by atoms with Crippen LogP contribution in [0.3, 0.4) is 0 Å². The molecule has 2 N–H and O–H groups in total. The standard InChI is InChI=1S/C31H25ClN4O2S/c1-35(2)22-13-10-19(11-14-22)26-18-25(34-36(26)31(38)27-9-6-16-39-27)29-28(20-7-4-3-5-8-20)23-17-21(32)12-15-24(23)33-30(29)37/h3-18,26,34H,1-2H3,(H,33,37)/t26-/m0/s1. The van der Waals surface area contributed by atoms with Crippen LogP contribution in [0, 0.1) is 0 Å². The van der Waals surface area contributed by atoms with Crippen LogP contribution in [0.2, 0.25) is 5.02 Å². The number of fused-ring (bicyclic) bond motifs is 1. The number of aromatic amines is 1. The van der Waals surface area contributed by atoms with Crippen molar-refractivity contribution in [2.75, 3.05) is 19.0 Å². The van der Waals surface area contributed by atoms with Crippen molar-refractivity contribution in [3.05, 3.63) is 128 Å². The summed E-state index contributed by atoms with van der Waals surface area (Å²) >= 11 is 7.79. The normalized spacial score (nSPS) is 14.8. The molecule has 0 aliphatic carbocycles. The van der Waals surface area contributed by atoms with Gasteiger partial charge in [0.25, 0.3) is 11.5 Å². The quantitative estimate of drug-likeness (QED) is 0.254. The summed E-state index contributed by atoms with van der Waals surface area (Å²) in [4.78, 5) is 33.0. The number of carbonyl (C=O) groups is 1. The largest absolute Gasteiger partial charge is 0.378 e. The molecule has 6 rings (SSSR count). The summed E-state index contributed by atoms with van der Waals surface area (Å²) in [6, 6.07) is 26.5. The van der Waals surface area contributed by atoms with Gasteiger partial charge in [-0.15, -0.1) is 11.3 Å². The summed E-state index contributed by atoms with van der Waals surface area (Å²) in [6.45, 7) is 0. The summed E-state index contributed by atoms with van der Waals surface area (Å²) in [5.41, 5.74) is 8.35. The summed E-state index contributed by atoms with van der Waals surface area (Å²) in [5.74, 6) is -0.167. The Bertz CT molecular complexity index is 1760. The maximum atomic E-state index is 13.7. The van der Waals surface area contributed by atoms with Gasteiger partial charge in [-0.25, -0.2) is 5.01 Å². The minimum absolute atomic E-state index is 0.167. The molecule has 3 heterocycles. The van der Waals surface area contributed by atoms with Gasteiger partial charge in [-0.05, 0) is 59.0 Å². The number of hydrazine groups is 1. The summed E-state index contributed by atoms with van der Waals surface area (Å²) in [6.07, 6.45) is 1.95. The third-order valence-corrected chi connectivity index (χ3v) is 7.95. The predicted molar refractivity (Wildman–Crippen MR) is 160 cm³/mol. The zero-order chi connectivity index (χ0) is 27.1. The molecular formula is C31H25ClN4O2S. The highest BCUT2D eigenvalue weighted by molar-refractivity contribution is 7.12. The third kappa shape index (κ3) is 4.60. The van der Waals surface area contributed by atoms with Crippen molar-refractivity contribution < 1.29 is 4.79 Å². The van der Waals surface area contributed by atoms with Crippen molar-refractivity contribution in [1.29, 1.82) is 0 Å². The smallest absolute Gasteiger partial charge is 0.283 e. The Morgan fingerprint density at radius 3 is 2.41 bits per heavy atom. The lowest BCUT2D eigenvalue weighted by atomic mass is 9.94. The number of thiophene rings is 1. The van der Waals surface area contributed by atoms with Crippen molar-refractivity contribution in [2.24, 2.45) is 0 Å². The van der Waals surface area contributed by atoms with E-state index in [9.17, 15) is 9.59 Å². The molecule has 3 aromatic carbocycles. The molecule has 0 spiro atoms. The molecule has 1 atom stereocenters. The number of rotatable bonds is 5. The van der Waals surface area contributed by atoms with Gasteiger partial charge in [0.15, 0.2) is 0 Å². The van der Waals surface area contributed by atoms with E-state index < -0.39 is 6.04 Å². The third-order valence-electron chi connectivity index (χ3n) is 6.85. The van der Waals surface area contributed by atoms with E-state index in [4.69, 9.17) is 11.6 Å². The molecule has 8 heteroatoms. The van der Waals surface area contributed by atoms with Gasteiger partial charge in [-0.3, -0.25) is 15.0 Å². The Labute approximate surface area is 234 Å². The SMILES string of the molecule is CN(C)c1ccc([C@@H]2C=C(c3c(-c4ccccc4)c4cc(Cl)ccc4[nH]c3=O)NN2C(=O)c2cccs2)cc1. The highest BCUT2D eigenvalue weighted by Gasteiger charge is 2.34. The predicted octanol–water partition coefficient (Wildman–Crippen LogP) is 6.72. The van der Waals surface area contributed by atoms with Crippen LogP contribution in [-0.4, -0.2) is 30.0 Å². The highest BCUT2D eigenvalue weighted by atomic mass is 35.5. The first kappa shape index (κ1) is 25.0. The minimum Gasteiger partial charge on any atom is -0.378 e. The molecule has 0 bridgehead atoms. The number of benzene rings is 3. The van der Waals surface area contributed by atoms with E-state index in [-0.39, 0.29) is 11.5 Å². The van der Waals surface area contributed by atoms with Crippen LogP contribution in [0.25, 0.3) is 27.7 Å². The summed E-state index contributed by atoms with van der Waals surface area (Å²) < 4.78 is 0. The van der Waals surface area contributed by atoms with Crippen molar-refractivity contribution in [1.82, 2.24) is 15.4 Å². The van der Waals surface area contributed by atoms with Crippen LogP contribution in [0.1, 0.15) is 26.8 Å². The summed E-state index contributed by atoms with van der Waals surface area (Å²) in [7, 11) is 3.97. The molecule has 39 heavy (non-hydrogen) atoms. The Hall–Kier alpha value is -4.33. The number of aromatic nitrogens is 1. The monoisotopic (exact) mass is 552 g/mol. The van der Waals surface area contributed by atoms with Crippen molar-refractivity contribution in [3.8, 4) is 11.1 Å². The zero-order valence-electron chi connectivity index (χ0n) is 21.3. The molecular weight excluding hydrogens is 528 g/mol. The average molecular weight is 553 g/mol. The van der Waals surface area contributed by atoms with Crippen molar-refractivity contribution in [3.63, 3.8) is 0 Å². The molecule has 1 aliphatic rings. The second kappa shape index (κ2) is 10.1. The fourth-order valence-electron chi connectivity index (χ4n) is 4.95. The molecule has 1 aliphatic heterocycles. The molecule has 0 radical (unpaired) electrons.